The average molecular weight is 661 g/mol. The number of benzene rings is 5. The van der Waals surface area contributed by atoms with Crippen LogP contribution in [-0.2, 0) is 6.42 Å². The summed E-state index contributed by atoms with van der Waals surface area (Å²) in [6.45, 7) is 28.3. The third-order valence-electron chi connectivity index (χ3n) is 11.2. The van der Waals surface area contributed by atoms with Gasteiger partial charge in [-0.2, -0.15) is 0 Å². The molecule has 5 aromatic carbocycles. The number of allylic oxidation sites excluding steroid dienone is 2. The van der Waals surface area contributed by atoms with Gasteiger partial charge < -0.3 is 0 Å². The maximum Gasteiger partial charge on any atom is 0.0284 e. The van der Waals surface area contributed by atoms with Crippen LogP contribution in [0.5, 0.6) is 0 Å². The van der Waals surface area contributed by atoms with Gasteiger partial charge in [0.1, 0.15) is 0 Å². The predicted octanol–water partition coefficient (Wildman–Crippen LogP) is 15.0. The molecular weight excluding hydrogens is 601 g/mol. The van der Waals surface area contributed by atoms with Gasteiger partial charge in [-0.15, -0.1) is 0 Å². The lowest BCUT2D eigenvalue weighted by molar-refractivity contribution is 0.796. The first kappa shape index (κ1) is 35.9. The number of hydrogen-bond donors (Lipinski definition) is 0. The second kappa shape index (κ2) is 14.4. The lowest BCUT2D eigenvalue weighted by atomic mass is 9.73. The van der Waals surface area contributed by atoms with Crippen LogP contribution in [-0.4, -0.2) is 0 Å². The molecule has 0 saturated heterocycles. The van der Waals surface area contributed by atoms with Crippen LogP contribution in [0.25, 0.3) is 27.5 Å². The third-order valence-corrected chi connectivity index (χ3v) is 11.2. The molecule has 1 aliphatic carbocycles. The van der Waals surface area contributed by atoms with E-state index in [1.165, 1.54) is 83.1 Å². The fourth-order valence-electron chi connectivity index (χ4n) is 8.34. The topological polar surface area (TPSA) is 0 Å². The van der Waals surface area contributed by atoms with Crippen molar-refractivity contribution in [2.75, 3.05) is 0 Å². The van der Waals surface area contributed by atoms with Crippen molar-refractivity contribution in [3.63, 3.8) is 0 Å². The first-order chi connectivity index (χ1) is 23.8. The Morgan fingerprint density at radius 3 is 1.46 bits per heavy atom. The lowest BCUT2D eigenvalue weighted by Gasteiger charge is -2.31. The van der Waals surface area contributed by atoms with E-state index in [1.807, 2.05) is 0 Å². The van der Waals surface area contributed by atoms with Crippen molar-refractivity contribution in [1.82, 2.24) is 0 Å². The van der Waals surface area contributed by atoms with Gasteiger partial charge in [-0.1, -0.05) is 162 Å². The maximum atomic E-state index is 2.66. The van der Waals surface area contributed by atoms with E-state index < -0.39 is 0 Å². The summed E-state index contributed by atoms with van der Waals surface area (Å²) in [4.78, 5) is 0. The van der Waals surface area contributed by atoms with Crippen LogP contribution in [0, 0.1) is 0 Å². The molecule has 0 N–H and O–H groups in total. The van der Waals surface area contributed by atoms with Crippen molar-refractivity contribution in [3.05, 3.63) is 147 Å². The van der Waals surface area contributed by atoms with E-state index in [-0.39, 0.29) is 5.92 Å². The van der Waals surface area contributed by atoms with Gasteiger partial charge in [0.05, 0.1) is 0 Å². The summed E-state index contributed by atoms with van der Waals surface area (Å²) in [6, 6.07) is 33.4. The highest BCUT2D eigenvalue weighted by atomic mass is 14.3. The minimum absolute atomic E-state index is 0.157. The van der Waals surface area contributed by atoms with Crippen molar-refractivity contribution < 1.29 is 0 Å². The monoisotopic (exact) mass is 660 g/mol. The Bertz CT molecular complexity index is 1980. The molecule has 1 atom stereocenters. The molecule has 0 heteroatoms. The number of rotatable bonds is 9. The summed E-state index contributed by atoms with van der Waals surface area (Å²) in [5.41, 5.74) is 18.9. The van der Waals surface area contributed by atoms with Crippen molar-refractivity contribution in [2.45, 2.75) is 131 Å². The molecule has 260 valence electrons. The molecule has 0 bridgehead atoms. The Morgan fingerprint density at radius 2 is 0.940 bits per heavy atom. The number of hydrogen-bond acceptors (Lipinski definition) is 0. The van der Waals surface area contributed by atoms with E-state index in [0.29, 0.717) is 35.5 Å². The minimum atomic E-state index is 0.157. The molecule has 0 aromatic heterocycles. The number of fused-ring (bicyclic) bond motifs is 2. The summed E-state index contributed by atoms with van der Waals surface area (Å²) in [5.74, 6) is 2.90. The van der Waals surface area contributed by atoms with Gasteiger partial charge in [-0.3, -0.25) is 0 Å². The molecular formula is C50H60. The minimum Gasteiger partial charge on any atom is -0.0684 e. The fraction of sp³-hybridized carbons (Fsp3) is 0.400. The molecule has 6 rings (SSSR count). The van der Waals surface area contributed by atoms with Gasteiger partial charge >= 0.3 is 0 Å². The zero-order valence-electron chi connectivity index (χ0n) is 32.9. The van der Waals surface area contributed by atoms with Gasteiger partial charge in [0.25, 0.3) is 0 Å². The molecule has 0 fully saturated rings. The maximum absolute atomic E-state index is 2.66. The van der Waals surface area contributed by atoms with Crippen molar-refractivity contribution in [2.24, 2.45) is 0 Å². The molecule has 0 saturated carbocycles. The molecule has 0 amide bonds. The van der Waals surface area contributed by atoms with Crippen molar-refractivity contribution in [3.8, 4) is 11.1 Å². The highest BCUT2D eigenvalue weighted by Gasteiger charge is 2.29. The SMILES string of the molecule is CC(C)c1cc(C(C)C)c(C2=C[C@H](c3cc(-c4c(C(C)C)cc(C(C)C)cc4C(C)C)cc4ccccc34)c3ccccc3C2)c(C(C)C)c1. The zero-order chi connectivity index (χ0) is 36.0. The standard InChI is InChI=1S/C50H60/c1-29(2)37-23-43(31(5)6)49(44(24-37)32(7)8)39-21-35-17-13-15-19-41(35)47(27-39)48-28-40(22-36-18-14-16-20-42(36)48)50-45(33(9)10)25-38(30(3)4)26-46(50)34(11)12/h13-21,23-34,48H,22H2,1-12H3/t48-/m0/s1. The van der Waals surface area contributed by atoms with E-state index in [1.54, 1.807) is 0 Å². The quantitative estimate of drug-likeness (QED) is 0.148. The second-order valence-electron chi connectivity index (χ2n) is 16.9. The van der Waals surface area contributed by atoms with Crippen molar-refractivity contribution >= 4 is 16.3 Å². The van der Waals surface area contributed by atoms with Crippen LogP contribution in [0.1, 0.15) is 180 Å². The molecule has 0 nitrogen and oxygen atoms in total. The van der Waals surface area contributed by atoms with E-state index in [0.717, 1.165) is 6.42 Å². The molecule has 0 heterocycles. The van der Waals surface area contributed by atoms with Crippen LogP contribution >= 0.6 is 0 Å². The smallest absolute Gasteiger partial charge is 0.0284 e. The third kappa shape index (κ3) is 6.76. The van der Waals surface area contributed by atoms with Gasteiger partial charge in [-0.05, 0) is 137 Å². The molecule has 50 heavy (non-hydrogen) atoms. The molecule has 1 aliphatic rings. The Morgan fingerprint density at radius 1 is 0.460 bits per heavy atom. The Labute approximate surface area is 304 Å². The van der Waals surface area contributed by atoms with E-state index >= 15 is 0 Å². The predicted molar refractivity (Wildman–Crippen MR) is 220 cm³/mol. The molecule has 5 aromatic rings. The van der Waals surface area contributed by atoms with Gasteiger partial charge in [0, 0.05) is 5.92 Å². The summed E-state index contributed by atoms with van der Waals surface area (Å²) in [6.07, 6.45) is 3.63. The Hall–Kier alpha value is -3.90. The zero-order valence-corrected chi connectivity index (χ0v) is 32.9. The van der Waals surface area contributed by atoms with Gasteiger partial charge in [-0.25, -0.2) is 0 Å². The summed E-state index contributed by atoms with van der Waals surface area (Å²) in [7, 11) is 0. The summed E-state index contributed by atoms with van der Waals surface area (Å²) in [5, 5.41) is 2.68. The van der Waals surface area contributed by atoms with E-state index in [2.05, 4.69) is 174 Å². The highest BCUT2D eigenvalue weighted by Crippen LogP contribution is 2.47. The molecule has 0 unspecified atom stereocenters. The van der Waals surface area contributed by atoms with Crippen LogP contribution in [0.3, 0.4) is 0 Å². The molecule has 0 aliphatic heterocycles. The van der Waals surface area contributed by atoms with Crippen LogP contribution < -0.4 is 0 Å². The lowest BCUT2D eigenvalue weighted by Crippen LogP contribution is -2.14. The molecule has 0 radical (unpaired) electrons. The Balaban J connectivity index is 1.67. The first-order valence-electron chi connectivity index (χ1n) is 19.4. The average Bonchev–Trinajstić information content (AvgIpc) is 3.09. The van der Waals surface area contributed by atoms with Gasteiger partial charge in [0.15, 0.2) is 0 Å². The van der Waals surface area contributed by atoms with Gasteiger partial charge in [0.2, 0.25) is 0 Å². The summed E-state index contributed by atoms with van der Waals surface area (Å²) >= 11 is 0. The second-order valence-corrected chi connectivity index (χ2v) is 16.9. The largest absolute Gasteiger partial charge is 0.0684 e. The molecule has 0 spiro atoms. The van der Waals surface area contributed by atoms with Crippen LogP contribution in [0.2, 0.25) is 0 Å². The fourth-order valence-corrected chi connectivity index (χ4v) is 8.34. The summed E-state index contributed by atoms with van der Waals surface area (Å²) < 4.78 is 0. The first-order valence-corrected chi connectivity index (χ1v) is 19.4. The van der Waals surface area contributed by atoms with Crippen molar-refractivity contribution in [1.29, 1.82) is 0 Å². The van der Waals surface area contributed by atoms with Crippen LogP contribution in [0.4, 0.5) is 0 Å². The van der Waals surface area contributed by atoms with E-state index in [9.17, 15) is 0 Å². The Kier molecular flexibility index (Phi) is 10.3. The normalized spacial score (nSPS) is 14.9. The van der Waals surface area contributed by atoms with Crippen LogP contribution in [0.15, 0.2) is 91.0 Å². The highest BCUT2D eigenvalue weighted by molar-refractivity contribution is 5.93. The van der Waals surface area contributed by atoms with E-state index in [4.69, 9.17) is 0 Å².